The van der Waals surface area contributed by atoms with Crippen molar-refractivity contribution in [3.63, 3.8) is 0 Å². The Morgan fingerprint density at radius 2 is 0.859 bits per heavy atom. The number of anilines is 9. The first kappa shape index (κ1) is 46.2. The molecule has 0 saturated carbocycles. The maximum absolute atomic E-state index is 7.33. The van der Waals surface area contributed by atoms with Crippen LogP contribution in [-0.4, -0.2) is 6.71 Å². The molecule has 0 bridgehead atoms. The largest absolute Gasteiger partial charge is 0.468 e. The maximum atomic E-state index is 7.33. The Morgan fingerprint density at radius 1 is 0.394 bits per heavy atom. The summed E-state index contributed by atoms with van der Waals surface area (Å²) in [5, 5.41) is 1.10. The first-order valence-corrected chi connectivity index (χ1v) is 25.5. The smallest absolute Gasteiger partial charge is 0.297 e. The minimum absolute atomic E-state index is 0.00913. The SMILES string of the molecule is CC(C)(C)c1ccc(N(c2ccc(C(C)(C)C)cc2)c2ccc3c(c2)N(c2ccc(C(C)(C)C)cc2)c2cccc4c2B3c2oc3ccc(-c5ccccc5)cc3c2N4c2ccc(C(C)(C)C)cc2)cc1. The minimum atomic E-state index is -0.186. The predicted molar refractivity (Wildman–Crippen MR) is 305 cm³/mol. The summed E-state index contributed by atoms with van der Waals surface area (Å²) in [5.74, 6) is 0. The van der Waals surface area contributed by atoms with E-state index in [1.807, 2.05) is 0 Å². The Bertz CT molecular complexity index is 3370. The van der Waals surface area contributed by atoms with Gasteiger partial charge in [-0.15, -0.1) is 0 Å². The molecule has 5 heteroatoms. The van der Waals surface area contributed by atoms with Crippen LogP contribution in [0.2, 0.25) is 0 Å². The van der Waals surface area contributed by atoms with Crippen LogP contribution in [0.1, 0.15) is 105 Å². The van der Waals surface area contributed by atoms with Gasteiger partial charge in [-0.1, -0.05) is 180 Å². The van der Waals surface area contributed by atoms with Crippen molar-refractivity contribution in [3.05, 3.63) is 204 Å². The van der Waals surface area contributed by atoms with Gasteiger partial charge in [0.25, 0.3) is 6.71 Å². The second-order valence-electron chi connectivity index (χ2n) is 24.0. The van der Waals surface area contributed by atoms with Gasteiger partial charge < -0.3 is 19.1 Å². The molecule has 0 radical (unpaired) electrons. The highest BCUT2D eigenvalue weighted by Crippen LogP contribution is 2.49. The third-order valence-electron chi connectivity index (χ3n) is 14.9. The summed E-state index contributed by atoms with van der Waals surface area (Å²) in [7, 11) is 0. The molecule has 354 valence electrons. The minimum Gasteiger partial charge on any atom is -0.468 e. The van der Waals surface area contributed by atoms with Crippen molar-refractivity contribution in [2.45, 2.75) is 105 Å². The molecule has 0 N–H and O–H groups in total. The molecule has 0 amide bonds. The lowest BCUT2D eigenvalue weighted by Gasteiger charge is -2.43. The Hall–Kier alpha value is -7.24. The van der Waals surface area contributed by atoms with E-state index < -0.39 is 0 Å². The van der Waals surface area contributed by atoms with Crippen LogP contribution in [0.5, 0.6) is 0 Å². The molecule has 0 spiro atoms. The topological polar surface area (TPSA) is 22.9 Å². The molecule has 4 nitrogen and oxygen atoms in total. The summed E-state index contributed by atoms with van der Waals surface area (Å²) < 4.78 is 7.33. The van der Waals surface area contributed by atoms with Crippen LogP contribution in [-0.2, 0) is 21.7 Å². The van der Waals surface area contributed by atoms with Crippen molar-refractivity contribution in [1.82, 2.24) is 0 Å². The quantitative estimate of drug-likeness (QED) is 0.155. The number of benzene rings is 8. The molecular weight excluding hydrogens is 862 g/mol. The van der Waals surface area contributed by atoms with E-state index in [1.165, 1.54) is 38.7 Å². The molecule has 0 saturated heterocycles. The molecule has 3 heterocycles. The summed E-state index contributed by atoms with van der Waals surface area (Å²) >= 11 is 0. The molecule has 0 aliphatic carbocycles. The van der Waals surface area contributed by atoms with Gasteiger partial charge in [0.15, 0.2) is 0 Å². The lowest BCUT2D eigenvalue weighted by atomic mass is 9.35. The first-order valence-electron chi connectivity index (χ1n) is 25.5. The zero-order valence-electron chi connectivity index (χ0n) is 43.6. The number of nitrogens with zero attached hydrogens (tertiary/aromatic N) is 3. The van der Waals surface area contributed by atoms with Crippen LogP contribution in [0.4, 0.5) is 51.2 Å². The molecule has 11 rings (SSSR count). The van der Waals surface area contributed by atoms with E-state index >= 15 is 0 Å². The Kier molecular flexibility index (Phi) is 10.9. The molecule has 0 unspecified atom stereocenters. The lowest BCUT2D eigenvalue weighted by molar-refractivity contribution is 0.590. The van der Waals surface area contributed by atoms with Gasteiger partial charge in [0.05, 0.1) is 11.3 Å². The van der Waals surface area contributed by atoms with E-state index in [-0.39, 0.29) is 28.4 Å². The summed E-state index contributed by atoms with van der Waals surface area (Å²) in [6.45, 7) is 27.2. The van der Waals surface area contributed by atoms with Crippen LogP contribution in [0.25, 0.3) is 22.1 Å². The summed E-state index contributed by atoms with van der Waals surface area (Å²) in [6.07, 6.45) is 0. The standard InChI is InChI=1S/C66H66BN3O/c1-63(2,3)45-22-30-49(31-23-45)68(50-32-24-46(25-33-50)64(4,5)6)53-38-39-55-58(42-53)69(51-34-26-47(27-35-51)65(7,8)9)56-19-16-20-57-60(56)67(55)62-61(70(57)52-36-28-48(29-37-52)66(10,11)12)54-41-44(21-40-59(54)71-62)43-17-14-13-15-18-43/h13-42H,1-12H3. The second kappa shape index (κ2) is 16.7. The van der Waals surface area contributed by atoms with Crippen molar-refractivity contribution < 1.29 is 4.42 Å². The van der Waals surface area contributed by atoms with Crippen molar-refractivity contribution in [3.8, 4) is 11.1 Å². The molecule has 0 fully saturated rings. The molecule has 8 aromatic carbocycles. The Balaban J connectivity index is 1.17. The molecule has 0 atom stereocenters. The fraction of sp³-hybridized carbons (Fsp3) is 0.242. The van der Waals surface area contributed by atoms with Gasteiger partial charge in [0.2, 0.25) is 0 Å². The monoisotopic (exact) mass is 928 g/mol. The molecule has 1 aromatic heterocycles. The van der Waals surface area contributed by atoms with Crippen LogP contribution in [0.15, 0.2) is 186 Å². The second-order valence-corrected chi connectivity index (χ2v) is 24.0. The zero-order valence-corrected chi connectivity index (χ0v) is 43.6. The molecule has 71 heavy (non-hydrogen) atoms. The summed E-state index contributed by atoms with van der Waals surface area (Å²) in [6, 6.07) is 68.2. The molecule has 2 aliphatic rings. The van der Waals surface area contributed by atoms with Crippen molar-refractivity contribution in [2.75, 3.05) is 14.7 Å². The van der Waals surface area contributed by atoms with E-state index in [0.717, 1.165) is 73.4 Å². The van der Waals surface area contributed by atoms with Gasteiger partial charge in [-0.05, 0) is 151 Å². The maximum Gasteiger partial charge on any atom is 0.297 e. The Labute approximate surface area is 422 Å². The predicted octanol–water partition coefficient (Wildman–Crippen LogP) is 16.8. The number of furan rings is 1. The van der Waals surface area contributed by atoms with E-state index in [2.05, 4.69) is 280 Å². The highest BCUT2D eigenvalue weighted by molar-refractivity contribution is 7.00. The van der Waals surface area contributed by atoms with Crippen LogP contribution in [0, 0.1) is 0 Å². The average Bonchev–Trinajstić information content (AvgIpc) is 3.72. The van der Waals surface area contributed by atoms with Gasteiger partial charge in [0.1, 0.15) is 5.58 Å². The Morgan fingerprint density at radius 3 is 1.37 bits per heavy atom. The van der Waals surface area contributed by atoms with Crippen LogP contribution in [0.3, 0.4) is 0 Å². The number of fused-ring (bicyclic) bond motifs is 6. The van der Waals surface area contributed by atoms with Crippen molar-refractivity contribution >= 4 is 85.5 Å². The molecule has 2 aliphatic heterocycles. The fourth-order valence-electron chi connectivity index (χ4n) is 10.8. The fourth-order valence-corrected chi connectivity index (χ4v) is 10.8. The van der Waals surface area contributed by atoms with Gasteiger partial charge in [-0.2, -0.15) is 0 Å². The van der Waals surface area contributed by atoms with Crippen LogP contribution < -0.4 is 31.3 Å². The average molecular weight is 928 g/mol. The number of rotatable bonds is 6. The number of hydrogen-bond acceptors (Lipinski definition) is 4. The van der Waals surface area contributed by atoms with Crippen molar-refractivity contribution in [1.29, 1.82) is 0 Å². The van der Waals surface area contributed by atoms with Crippen LogP contribution >= 0.6 is 0 Å². The highest BCUT2D eigenvalue weighted by atomic mass is 16.3. The van der Waals surface area contributed by atoms with E-state index in [4.69, 9.17) is 4.42 Å². The first-order chi connectivity index (χ1) is 33.7. The van der Waals surface area contributed by atoms with Gasteiger partial charge in [-0.25, -0.2) is 0 Å². The number of hydrogen-bond donors (Lipinski definition) is 0. The lowest BCUT2D eigenvalue weighted by Crippen LogP contribution is -2.61. The van der Waals surface area contributed by atoms with Crippen molar-refractivity contribution in [2.24, 2.45) is 0 Å². The third kappa shape index (κ3) is 8.14. The van der Waals surface area contributed by atoms with Gasteiger partial charge >= 0.3 is 0 Å². The van der Waals surface area contributed by atoms with Gasteiger partial charge in [-0.3, -0.25) is 0 Å². The highest BCUT2D eigenvalue weighted by Gasteiger charge is 2.47. The third-order valence-corrected chi connectivity index (χ3v) is 14.9. The van der Waals surface area contributed by atoms with E-state index in [9.17, 15) is 0 Å². The van der Waals surface area contributed by atoms with E-state index in [0.29, 0.717) is 0 Å². The summed E-state index contributed by atoms with van der Waals surface area (Å²) in [5.41, 5.74) is 21.9. The van der Waals surface area contributed by atoms with Gasteiger partial charge in [0, 0.05) is 50.9 Å². The molecular formula is C66H66BN3O. The zero-order chi connectivity index (χ0) is 49.8. The summed E-state index contributed by atoms with van der Waals surface area (Å²) in [4.78, 5) is 7.40. The van der Waals surface area contributed by atoms with E-state index in [1.54, 1.807) is 0 Å². The molecule has 9 aromatic rings. The normalized spacial score (nSPS) is 13.5.